The second-order valence-electron chi connectivity index (χ2n) is 8.44. The van der Waals surface area contributed by atoms with Gasteiger partial charge < -0.3 is 9.47 Å². The summed E-state index contributed by atoms with van der Waals surface area (Å²) in [6, 6.07) is 7.75. The molecule has 2 bridgehead atoms. The molecular formula is C22H26N2O2S. The third kappa shape index (κ3) is 3.06. The Balaban J connectivity index is 1.50. The van der Waals surface area contributed by atoms with Gasteiger partial charge in [-0.25, -0.2) is 0 Å². The number of aromatic nitrogens is 1. The van der Waals surface area contributed by atoms with Crippen LogP contribution in [0.3, 0.4) is 0 Å². The lowest BCUT2D eigenvalue weighted by molar-refractivity contribution is 0.0597. The summed E-state index contributed by atoms with van der Waals surface area (Å²) in [5.41, 5.74) is 2.77. The summed E-state index contributed by atoms with van der Waals surface area (Å²) in [6.45, 7) is 2.28. The number of thiophene rings is 1. The molecule has 1 amide bonds. The summed E-state index contributed by atoms with van der Waals surface area (Å²) in [6.07, 6.45) is 7.49. The molecule has 2 atom stereocenters. The molecule has 0 radical (unpaired) electrons. The minimum absolute atomic E-state index is 0.136. The molecule has 4 nitrogen and oxygen atoms in total. The van der Waals surface area contributed by atoms with Crippen LogP contribution in [0.2, 0.25) is 0 Å². The predicted octanol–water partition coefficient (Wildman–Crippen LogP) is 4.22. The molecule has 4 heterocycles. The van der Waals surface area contributed by atoms with Gasteiger partial charge >= 0.3 is 0 Å². The molecule has 0 N–H and O–H groups in total. The van der Waals surface area contributed by atoms with Crippen molar-refractivity contribution in [2.45, 2.75) is 56.9 Å². The van der Waals surface area contributed by atoms with E-state index in [1.165, 1.54) is 54.7 Å². The van der Waals surface area contributed by atoms with Crippen molar-refractivity contribution in [3.63, 3.8) is 0 Å². The zero-order valence-corrected chi connectivity index (χ0v) is 16.4. The molecule has 1 aliphatic carbocycles. The maximum absolute atomic E-state index is 12.9. The predicted molar refractivity (Wildman–Crippen MR) is 108 cm³/mol. The monoisotopic (exact) mass is 382 g/mol. The van der Waals surface area contributed by atoms with E-state index >= 15 is 0 Å². The first-order chi connectivity index (χ1) is 13.2. The molecular weight excluding hydrogens is 356 g/mol. The first-order valence-electron chi connectivity index (χ1n) is 10.3. The van der Waals surface area contributed by atoms with Gasteiger partial charge in [0.05, 0.1) is 4.88 Å². The summed E-state index contributed by atoms with van der Waals surface area (Å²) in [5, 5.41) is 1.97. The number of carbonyl (C=O) groups excluding carboxylic acids is 1. The number of amides is 1. The Labute approximate surface area is 163 Å². The highest BCUT2D eigenvalue weighted by Crippen LogP contribution is 2.42. The molecule has 1 saturated heterocycles. The van der Waals surface area contributed by atoms with Gasteiger partial charge in [-0.1, -0.05) is 31.4 Å². The molecule has 2 aliphatic heterocycles. The zero-order valence-electron chi connectivity index (χ0n) is 15.6. The van der Waals surface area contributed by atoms with E-state index in [0.29, 0.717) is 17.8 Å². The summed E-state index contributed by atoms with van der Waals surface area (Å²) in [7, 11) is 0. The highest BCUT2D eigenvalue weighted by Gasteiger charge is 2.39. The van der Waals surface area contributed by atoms with Gasteiger partial charge in [0.15, 0.2) is 0 Å². The van der Waals surface area contributed by atoms with Crippen LogP contribution < -0.4 is 5.56 Å². The Bertz CT molecular complexity index is 896. The van der Waals surface area contributed by atoms with E-state index in [4.69, 9.17) is 0 Å². The zero-order chi connectivity index (χ0) is 18.4. The average Bonchev–Trinajstić information content (AvgIpc) is 3.23. The standard InChI is InChI=1S/C22H26N2O2S/c25-20-9-8-18(16-5-2-1-3-6-16)21-17-11-15(13-24(20)21)12-23(14-17)22(26)19-7-4-10-27-19/h4,7-10,15-17H,1-3,5-6,11-14H2. The molecule has 2 unspecified atom stereocenters. The van der Waals surface area contributed by atoms with Gasteiger partial charge in [0.1, 0.15) is 0 Å². The van der Waals surface area contributed by atoms with Crippen LogP contribution in [-0.4, -0.2) is 28.5 Å². The molecule has 142 valence electrons. The quantitative estimate of drug-likeness (QED) is 0.780. The molecule has 0 aromatic carbocycles. The second-order valence-corrected chi connectivity index (χ2v) is 9.39. The lowest BCUT2D eigenvalue weighted by Crippen LogP contribution is -2.49. The Morgan fingerprint density at radius 1 is 1.00 bits per heavy atom. The number of piperidine rings is 1. The van der Waals surface area contributed by atoms with Gasteiger partial charge in [-0.05, 0) is 48.1 Å². The van der Waals surface area contributed by atoms with Crippen LogP contribution in [0.4, 0.5) is 0 Å². The van der Waals surface area contributed by atoms with Crippen molar-refractivity contribution in [1.82, 2.24) is 9.47 Å². The molecule has 5 heteroatoms. The van der Waals surface area contributed by atoms with E-state index in [1.807, 2.05) is 22.4 Å². The molecule has 2 fully saturated rings. The minimum Gasteiger partial charge on any atom is -0.337 e. The lowest BCUT2D eigenvalue weighted by atomic mass is 9.76. The van der Waals surface area contributed by atoms with E-state index in [2.05, 4.69) is 10.6 Å². The van der Waals surface area contributed by atoms with Gasteiger partial charge in [-0.15, -0.1) is 11.3 Å². The number of likely N-dealkylation sites (tertiary alicyclic amines) is 1. The van der Waals surface area contributed by atoms with Gasteiger partial charge in [-0.3, -0.25) is 9.59 Å². The summed E-state index contributed by atoms with van der Waals surface area (Å²) >= 11 is 1.52. The normalized spacial score (nSPS) is 25.3. The third-order valence-corrected chi connectivity index (χ3v) is 7.54. The summed E-state index contributed by atoms with van der Waals surface area (Å²) in [4.78, 5) is 28.4. The van der Waals surface area contributed by atoms with E-state index in [-0.39, 0.29) is 11.5 Å². The maximum Gasteiger partial charge on any atom is 0.263 e. The number of hydrogen-bond acceptors (Lipinski definition) is 3. The molecule has 0 spiro atoms. The van der Waals surface area contributed by atoms with Crippen molar-refractivity contribution < 1.29 is 4.79 Å². The van der Waals surface area contributed by atoms with Crippen LogP contribution >= 0.6 is 11.3 Å². The molecule has 27 heavy (non-hydrogen) atoms. The van der Waals surface area contributed by atoms with Crippen LogP contribution in [0.1, 0.15) is 71.3 Å². The van der Waals surface area contributed by atoms with E-state index in [9.17, 15) is 9.59 Å². The van der Waals surface area contributed by atoms with Crippen LogP contribution in [0.25, 0.3) is 0 Å². The van der Waals surface area contributed by atoms with Crippen molar-refractivity contribution in [2.24, 2.45) is 5.92 Å². The Kier molecular flexibility index (Phi) is 4.43. The lowest BCUT2D eigenvalue weighted by Gasteiger charge is -2.44. The topological polar surface area (TPSA) is 42.3 Å². The van der Waals surface area contributed by atoms with Crippen molar-refractivity contribution in [3.05, 3.63) is 56.1 Å². The van der Waals surface area contributed by atoms with Crippen molar-refractivity contribution >= 4 is 17.2 Å². The van der Waals surface area contributed by atoms with Gasteiger partial charge in [-0.2, -0.15) is 0 Å². The number of fused-ring (bicyclic) bond motifs is 4. The number of pyridine rings is 1. The fourth-order valence-electron chi connectivity index (χ4n) is 5.53. The van der Waals surface area contributed by atoms with Crippen molar-refractivity contribution in [2.75, 3.05) is 13.1 Å². The van der Waals surface area contributed by atoms with Crippen LogP contribution in [-0.2, 0) is 6.54 Å². The van der Waals surface area contributed by atoms with Crippen LogP contribution in [0, 0.1) is 5.92 Å². The van der Waals surface area contributed by atoms with Gasteiger partial charge in [0.2, 0.25) is 0 Å². The summed E-state index contributed by atoms with van der Waals surface area (Å²) in [5.74, 6) is 1.43. The van der Waals surface area contributed by atoms with E-state index in [1.54, 1.807) is 6.07 Å². The van der Waals surface area contributed by atoms with Crippen molar-refractivity contribution in [1.29, 1.82) is 0 Å². The van der Waals surface area contributed by atoms with E-state index in [0.717, 1.165) is 30.9 Å². The van der Waals surface area contributed by atoms with Crippen molar-refractivity contribution in [3.8, 4) is 0 Å². The smallest absolute Gasteiger partial charge is 0.263 e. The molecule has 3 aliphatic rings. The maximum atomic E-state index is 12.9. The Morgan fingerprint density at radius 2 is 1.85 bits per heavy atom. The van der Waals surface area contributed by atoms with E-state index < -0.39 is 0 Å². The fraction of sp³-hybridized carbons (Fsp3) is 0.545. The molecule has 2 aromatic heterocycles. The highest BCUT2D eigenvalue weighted by molar-refractivity contribution is 7.12. The first-order valence-corrected chi connectivity index (χ1v) is 11.1. The van der Waals surface area contributed by atoms with Gasteiger partial charge in [0.25, 0.3) is 11.5 Å². The first kappa shape index (κ1) is 17.2. The Hall–Kier alpha value is -1.88. The molecule has 2 aromatic rings. The van der Waals surface area contributed by atoms with Gasteiger partial charge in [0, 0.05) is 37.3 Å². The second kappa shape index (κ2) is 6.93. The minimum atomic E-state index is 0.136. The molecule has 5 rings (SSSR count). The SMILES string of the molecule is O=C(c1cccs1)N1CC2CC(C1)c1c(C3CCCCC3)ccc(=O)n1C2. The van der Waals surface area contributed by atoms with Crippen LogP contribution in [0.5, 0.6) is 0 Å². The highest BCUT2D eigenvalue weighted by atomic mass is 32.1. The fourth-order valence-corrected chi connectivity index (χ4v) is 6.22. The third-order valence-electron chi connectivity index (χ3n) is 6.69. The van der Waals surface area contributed by atoms with Crippen LogP contribution in [0.15, 0.2) is 34.4 Å². The Morgan fingerprint density at radius 3 is 2.63 bits per heavy atom. The molecule has 1 saturated carbocycles. The number of nitrogens with zero attached hydrogens (tertiary/aromatic N) is 2. The summed E-state index contributed by atoms with van der Waals surface area (Å²) < 4.78 is 2.05. The largest absolute Gasteiger partial charge is 0.337 e. The number of rotatable bonds is 2. The number of carbonyl (C=O) groups is 1. The number of hydrogen-bond donors (Lipinski definition) is 0. The average molecular weight is 383 g/mol.